The van der Waals surface area contributed by atoms with Gasteiger partial charge >= 0.3 is 5.97 Å². The molecule has 0 aromatic carbocycles. The van der Waals surface area contributed by atoms with Gasteiger partial charge in [0.2, 0.25) is 0 Å². The Kier molecular flexibility index (Phi) is 5.62. The second kappa shape index (κ2) is 7.90. The summed E-state index contributed by atoms with van der Waals surface area (Å²) in [5, 5.41) is 6.71. The molecule has 1 amide bonds. The SMILES string of the molecule is Cc1nc(-c2cccs2)sc1C(=O)OCC(=O)N(C)Cc1ccsc1. The summed E-state index contributed by atoms with van der Waals surface area (Å²) in [5.74, 6) is -0.740. The Bertz CT molecular complexity index is 854. The molecule has 0 aliphatic carbocycles. The van der Waals surface area contributed by atoms with Gasteiger partial charge < -0.3 is 9.64 Å². The monoisotopic (exact) mass is 392 g/mol. The maximum absolute atomic E-state index is 12.3. The molecule has 8 heteroatoms. The molecule has 3 aromatic heterocycles. The van der Waals surface area contributed by atoms with E-state index in [0.29, 0.717) is 17.1 Å². The van der Waals surface area contributed by atoms with Crippen LogP contribution in [0.5, 0.6) is 0 Å². The molecule has 0 bridgehead atoms. The number of hydrogen-bond donors (Lipinski definition) is 0. The van der Waals surface area contributed by atoms with Gasteiger partial charge in [0.05, 0.1) is 10.6 Å². The van der Waals surface area contributed by atoms with Crippen molar-refractivity contribution in [2.75, 3.05) is 13.7 Å². The first kappa shape index (κ1) is 17.8. The van der Waals surface area contributed by atoms with Crippen molar-refractivity contribution in [1.82, 2.24) is 9.88 Å². The molecular formula is C17H16N2O3S3. The van der Waals surface area contributed by atoms with E-state index >= 15 is 0 Å². The Morgan fingerprint density at radius 3 is 2.80 bits per heavy atom. The van der Waals surface area contributed by atoms with Crippen LogP contribution >= 0.6 is 34.0 Å². The molecule has 130 valence electrons. The Balaban J connectivity index is 1.58. The Hall–Kier alpha value is -2.03. The highest BCUT2D eigenvalue weighted by molar-refractivity contribution is 7.22. The molecule has 3 rings (SSSR count). The highest BCUT2D eigenvalue weighted by atomic mass is 32.1. The quantitative estimate of drug-likeness (QED) is 0.594. The van der Waals surface area contributed by atoms with Crippen molar-refractivity contribution < 1.29 is 14.3 Å². The first-order chi connectivity index (χ1) is 12.0. The van der Waals surface area contributed by atoms with E-state index in [1.807, 2.05) is 34.3 Å². The number of amides is 1. The van der Waals surface area contributed by atoms with Crippen LogP contribution in [0.4, 0.5) is 0 Å². The Morgan fingerprint density at radius 2 is 2.12 bits per heavy atom. The lowest BCUT2D eigenvalue weighted by atomic mass is 10.3. The van der Waals surface area contributed by atoms with E-state index in [1.54, 1.807) is 41.5 Å². The predicted molar refractivity (Wildman–Crippen MR) is 101 cm³/mol. The molecular weight excluding hydrogens is 376 g/mol. The van der Waals surface area contributed by atoms with Gasteiger partial charge in [-0.2, -0.15) is 11.3 Å². The molecule has 0 saturated carbocycles. The summed E-state index contributed by atoms with van der Waals surface area (Å²) in [6.07, 6.45) is 0. The summed E-state index contributed by atoms with van der Waals surface area (Å²) < 4.78 is 5.19. The van der Waals surface area contributed by atoms with Crippen molar-refractivity contribution in [3.8, 4) is 9.88 Å². The topological polar surface area (TPSA) is 59.5 Å². The number of esters is 1. The van der Waals surface area contributed by atoms with E-state index in [9.17, 15) is 9.59 Å². The fourth-order valence-electron chi connectivity index (χ4n) is 2.14. The first-order valence-corrected chi connectivity index (χ1v) is 10.1. The number of carbonyl (C=O) groups excluding carboxylic acids is 2. The first-order valence-electron chi connectivity index (χ1n) is 7.48. The molecule has 0 atom stereocenters. The highest BCUT2D eigenvalue weighted by Gasteiger charge is 2.20. The number of hydrogen-bond acceptors (Lipinski definition) is 7. The molecule has 0 spiro atoms. The zero-order valence-corrected chi connectivity index (χ0v) is 16.2. The van der Waals surface area contributed by atoms with Crippen LogP contribution in [0.25, 0.3) is 9.88 Å². The van der Waals surface area contributed by atoms with Crippen LogP contribution in [0.3, 0.4) is 0 Å². The van der Waals surface area contributed by atoms with Crippen molar-refractivity contribution in [3.05, 3.63) is 50.5 Å². The number of likely N-dealkylation sites (N-methyl/N-ethyl adjacent to an activating group) is 1. The molecule has 0 aliphatic heterocycles. The largest absolute Gasteiger partial charge is 0.451 e. The van der Waals surface area contributed by atoms with Crippen molar-refractivity contribution in [2.24, 2.45) is 0 Å². The van der Waals surface area contributed by atoms with E-state index in [0.717, 1.165) is 15.4 Å². The number of aromatic nitrogens is 1. The third-order valence-corrected chi connectivity index (χ3v) is 6.37. The molecule has 5 nitrogen and oxygen atoms in total. The minimum Gasteiger partial charge on any atom is -0.451 e. The lowest BCUT2D eigenvalue weighted by Gasteiger charge is -2.16. The van der Waals surface area contributed by atoms with Gasteiger partial charge in [-0.05, 0) is 40.8 Å². The second-order valence-corrected chi connectivity index (χ2v) is 8.10. The van der Waals surface area contributed by atoms with Gasteiger partial charge in [0.25, 0.3) is 5.91 Å². The molecule has 3 aromatic rings. The van der Waals surface area contributed by atoms with Crippen molar-refractivity contribution >= 4 is 45.9 Å². The number of nitrogens with zero attached hydrogens (tertiary/aromatic N) is 2. The van der Waals surface area contributed by atoms with E-state index in [1.165, 1.54) is 11.3 Å². The van der Waals surface area contributed by atoms with Crippen LogP contribution < -0.4 is 0 Å². The molecule has 0 radical (unpaired) electrons. The third-order valence-electron chi connectivity index (χ3n) is 3.47. The van der Waals surface area contributed by atoms with Crippen LogP contribution in [0.15, 0.2) is 34.3 Å². The average molecular weight is 393 g/mol. The molecule has 0 saturated heterocycles. The maximum Gasteiger partial charge on any atom is 0.350 e. The Morgan fingerprint density at radius 1 is 1.28 bits per heavy atom. The summed E-state index contributed by atoms with van der Waals surface area (Å²) in [4.78, 5) is 31.8. The summed E-state index contributed by atoms with van der Waals surface area (Å²) in [7, 11) is 1.70. The average Bonchev–Trinajstić information content (AvgIpc) is 3.33. The van der Waals surface area contributed by atoms with Gasteiger partial charge in [-0.25, -0.2) is 9.78 Å². The minimum absolute atomic E-state index is 0.236. The number of thiophene rings is 2. The zero-order valence-electron chi connectivity index (χ0n) is 13.7. The van der Waals surface area contributed by atoms with Crippen LogP contribution in [-0.2, 0) is 16.1 Å². The molecule has 0 unspecified atom stereocenters. The standard InChI is InChI=1S/C17H16N2O3S3/c1-11-15(25-16(18-11)13-4-3-6-24-13)17(21)22-9-14(20)19(2)8-12-5-7-23-10-12/h3-7,10H,8-9H2,1-2H3. The number of thiazole rings is 1. The van der Waals surface area contributed by atoms with E-state index in [4.69, 9.17) is 4.74 Å². The smallest absolute Gasteiger partial charge is 0.350 e. The lowest BCUT2D eigenvalue weighted by molar-refractivity contribution is -0.133. The number of aryl methyl sites for hydroxylation is 1. The second-order valence-electron chi connectivity index (χ2n) is 5.37. The van der Waals surface area contributed by atoms with E-state index in [2.05, 4.69) is 4.98 Å². The van der Waals surface area contributed by atoms with Gasteiger partial charge in [-0.15, -0.1) is 22.7 Å². The lowest BCUT2D eigenvalue weighted by Crippen LogP contribution is -2.30. The maximum atomic E-state index is 12.3. The van der Waals surface area contributed by atoms with Crippen molar-refractivity contribution in [2.45, 2.75) is 13.5 Å². The van der Waals surface area contributed by atoms with Crippen LogP contribution in [0.2, 0.25) is 0 Å². The third kappa shape index (κ3) is 4.33. The number of rotatable bonds is 6. The van der Waals surface area contributed by atoms with Crippen molar-refractivity contribution in [1.29, 1.82) is 0 Å². The van der Waals surface area contributed by atoms with Crippen molar-refractivity contribution in [3.63, 3.8) is 0 Å². The summed E-state index contributed by atoms with van der Waals surface area (Å²) in [6, 6.07) is 5.87. The van der Waals surface area contributed by atoms with Gasteiger partial charge in [0.15, 0.2) is 6.61 Å². The zero-order chi connectivity index (χ0) is 17.8. The van der Waals surface area contributed by atoms with E-state index < -0.39 is 5.97 Å². The minimum atomic E-state index is -0.505. The molecule has 0 aliphatic rings. The summed E-state index contributed by atoms with van der Waals surface area (Å²) >= 11 is 4.44. The normalized spacial score (nSPS) is 10.6. The summed E-state index contributed by atoms with van der Waals surface area (Å²) in [5.41, 5.74) is 1.68. The number of carbonyl (C=O) groups is 2. The van der Waals surface area contributed by atoms with Gasteiger partial charge in [-0.3, -0.25) is 4.79 Å². The van der Waals surface area contributed by atoms with Gasteiger partial charge in [-0.1, -0.05) is 6.07 Å². The van der Waals surface area contributed by atoms with Crippen LogP contribution in [-0.4, -0.2) is 35.4 Å². The molecule has 0 N–H and O–H groups in total. The van der Waals surface area contributed by atoms with E-state index in [-0.39, 0.29) is 12.5 Å². The predicted octanol–water partition coefficient (Wildman–Crippen LogP) is 4.06. The van der Waals surface area contributed by atoms with Gasteiger partial charge in [0.1, 0.15) is 9.88 Å². The summed E-state index contributed by atoms with van der Waals surface area (Å²) in [6.45, 7) is 2.00. The van der Waals surface area contributed by atoms with Crippen LogP contribution in [0, 0.1) is 6.92 Å². The fourth-order valence-corrected chi connectivity index (χ4v) is 4.56. The molecule has 25 heavy (non-hydrogen) atoms. The molecule has 3 heterocycles. The van der Waals surface area contributed by atoms with Crippen LogP contribution in [0.1, 0.15) is 20.9 Å². The Labute approximate surface area is 157 Å². The fraction of sp³-hybridized carbons (Fsp3) is 0.235. The number of ether oxygens (including phenoxy) is 1. The van der Waals surface area contributed by atoms with Gasteiger partial charge in [0, 0.05) is 13.6 Å². The highest BCUT2D eigenvalue weighted by Crippen LogP contribution is 2.31. The molecule has 0 fully saturated rings.